The lowest BCUT2D eigenvalue weighted by Gasteiger charge is -2.40. The molecule has 5 rings (SSSR count). The molecule has 9 heteroatoms. The van der Waals surface area contributed by atoms with Crippen LogP contribution in [-0.4, -0.2) is 51.4 Å². The van der Waals surface area contributed by atoms with Gasteiger partial charge < -0.3 is 19.8 Å². The second-order valence-corrected chi connectivity index (χ2v) is 11.5. The van der Waals surface area contributed by atoms with E-state index in [0.717, 1.165) is 48.1 Å². The van der Waals surface area contributed by atoms with Gasteiger partial charge in [0.05, 0.1) is 30.3 Å². The van der Waals surface area contributed by atoms with Gasteiger partial charge in [-0.05, 0) is 67.7 Å². The average molecular weight is 536 g/mol. The Kier molecular flexibility index (Phi) is 7.80. The predicted octanol–water partition coefficient (Wildman–Crippen LogP) is 4.99. The van der Waals surface area contributed by atoms with Crippen molar-refractivity contribution < 1.29 is 19.1 Å². The van der Waals surface area contributed by atoms with E-state index in [1.54, 1.807) is 24.0 Å². The zero-order chi connectivity index (χ0) is 27.6. The summed E-state index contributed by atoms with van der Waals surface area (Å²) < 4.78 is 12.7. The molecule has 210 valence electrons. The van der Waals surface area contributed by atoms with E-state index in [0.29, 0.717) is 37.9 Å². The van der Waals surface area contributed by atoms with Crippen molar-refractivity contribution in [1.82, 2.24) is 25.1 Å². The number of fused-ring (bicyclic) bond motifs is 1. The highest BCUT2D eigenvalue weighted by Crippen LogP contribution is 2.49. The number of ether oxygens (including phenoxy) is 2. The van der Waals surface area contributed by atoms with E-state index in [4.69, 9.17) is 14.5 Å². The third kappa shape index (κ3) is 5.09. The van der Waals surface area contributed by atoms with Crippen molar-refractivity contribution >= 4 is 22.9 Å². The summed E-state index contributed by atoms with van der Waals surface area (Å²) in [6.45, 7) is 7.52. The Bertz CT molecular complexity index is 1320. The lowest BCUT2D eigenvalue weighted by atomic mass is 9.69. The minimum Gasteiger partial charge on any atom is -0.465 e. The van der Waals surface area contributed by atoms with E-state index in [1.165, 1.54) is 12.8 Å². The van der Waals surface area contributed by atoms with Crippen molar-refractivity contribution in [3.63, 3.8) is 0 Å². The standard InChI is InChI=1S/C30H41N5O4/c1-5-29(13-8-7-9-20(3)18-29)25(34-27(36)24-12-15-31-35(24)4)26-32-22-11-10-21(17-23(22)33-26)30(14-16-38-19-30)28(37)39-6-2/h10-12,15,17,20,25H,5-9,13-14,16,18-19H2,1-4H3,(H,32,33)(H,34,36). The van der Waals surface area contributed by atoms with Crippen LogP contribution in [0, 0.1) is 11.3 Å². The third-order valence-electron chi connectivity index (χ3n) is 9.04. The van der Waals surface area contributed by atoms with Gasteiger partial charge in [0, 0.05) is 19.9 Å². The van der Waals surface area contributed by atoms with Gasteiger partial charge in [-0.2, -0.15) is 5.10 Å². The maximum Gasteiger partial charge on any atom is 0.319 e. The number of imidazole rings is 1. The van der Waals surface area contributed by atoms with Crippen LogP contribution >= 0.6 is 0 Å². The minimum atomic E-state index is -0.815. The summed E-state index contributed by atoms with van der Waals surface area (Å²) in [7, 11) is 1.78. The van der Waals surface area contributed by atoms with E-state index in [-0.39, 0.29) is 23.3 Å². The first-order valence-corrected chi connectivity index (χ1v) is 14.4. The number of amides is 1. The van der Waals surface area contributed by atoms with Crippen molar-refractivity contribution in [3.05, 3.63) is 47.5 Å². The second-order valence-electron chi connectivity index (χ2n) is 11.5. The van der Waals surface area contributed by atoms with Gasteiger partial charge in [0.2, 0.25) is 0 Å². The number of esters is 1. The first-order valence-electron chi connectivity index (χ1n) is 14.4. The van der Waals surface area contributed by atoms with Crippen LogP contribution in [0.1, 0.15) is 93.6 Å². The zero-order valence-corrected chi connectivity index (χ0v) is 23.6. The summed E-state index contributed by atoms with van der Waals surface area (Å²) in [5.74, 6) is 0.906. The molecule has 2 aliphatic rings. The highest BCUT2D eigenvalue weighted by Gasteiger charge is 2.46. The fraction of sp³-hybridized carbons (Fsp3) is 0.600. The number of benzene rings is 1. The van der Waals surface area contributed by atoms with E-state index < -0.39 is 5.41 Å². The van der Waals surface area contributed by atoms with Crippen molar-refractivity contribution in [3.8, 4) is 0 Å². The Morgan fingerprint density at radius 3 is 2.79 bits per heavy atom. The fourth-order valence-corrected chi connectivity index (χ4v) is 6.77. The first-order chi connectivity index (χ1) is 18.8. The lowest BCUT2D eigenvalue weighted by molar-refractivity contribution is -0.150. The van der Waals surface area contributed by atoms with Crippen molar-refractivity contribution in [1.29, 1.82) is 0 Å². The second kappa shape index (κ2) is 11.1. The van der Waals surface area contributed by atoms with Crippen molar-refractivity contribution in [2.24, 2.45) is 18.4 Å². The largest absolute Gasteiger partial charge is 0.465 e. The molecule has 1 amide bonds. The summed E-state index contributed by atoms with van der Waals surface area (Å²) in [6.07, 6.45) is 8.72. The fourth-order valence-electron chi connectivity index (χ4n) is 6.77. The SMILES string of the molecule is CCOC(=O)C1(c2ccc3nc(C(NC(=O)c4ccnn4C)C4(CC)CCCCC(C)C4)[nH]c3c2)CCOC1. The normalized spacial score (nSPS) is 26.3. The lowest BCUT2D eigenvalue weighted by Crippen LogP contribution is -2.42. The number of aryl methyl sites for hydroxylation is 1. The molecule has 1 saturated carbocycles. The number of rotatable bonds is 8. The summed E-state index contributed by atoms with van der Waals surface area (Å²) in [5.41, 5.74) is 2.08. The van der Waals surface area contributed by atoms with Crippen LogP contribution in [0.2, 0.25) is 0 Å². The smallest absolute Gasteiger partial charge is 0.319 e. The number of carbonyl (C=O) groups is 2. The molecule has 2 N–H and O–H groups in total. The highest BCUT2D eigenvalue weighted by atomic mass is 16.5. The molecule has 9 nitrogen and oxygen atoms in total. The average Bonchev–Trinajstić information content (AvgIpc) is 3.66. The van der Waals surface area contributed by atoms with Crippen LogP contribution in [0.25, 0.3) is 11.0 Å². The number of aromatic nitrogens is 4. The van der Waals surface area contributed by atoms with Gasteiger partial charge in [-0.25, -0.2) is 4.98 Å². The molecule has 0 radical (unpaired) electrons. The molecule has 3 heterocycles. The molecule has 39 heavy (non-hydrogen) atoms. The first kappa shape index (κ1) is 27.4. The van der Waals surface area contributed by atoms with Crippen LogP contribution in [0.5, 0.6) is 0 Å². The van der Waals surface area contributed by atoms with Crippen LogP contribution in [0.15, 0.2) is 30.5 Å². The zero-order valence-electron chi connectivity index (χ0n) is 23.6. The quantitative estimate of drug-likeness (QED) is 0.311. The minimum absolute atomic E-state index is 0.133. The Morgan fingerprint density at radius 1 is 1.26 bits per heavy atom. The maximum atomic E-state index is 13.5. The molecular formula is C30H41N5O4. The summed E-state index contributed by atoms with van der Waals surface area (Å²) in [6, 6.07) is 7.37. The molecule has 0 spiro atoms. The Balaban J connectivity index is 1.57. The van der Waals surface area contributed by atoms with Crippen LogP contribution in [0.3, 0.4) is 0 Å². The maximum absolute atomic E-state index is 13.5. The molecule has 2 fully saturated rings. The molecule has 2 aromatic heterocycles. The molecule has 1 aliphatic carbocycles. The van der Waals surface area contributed by atoms with Crippen LogP contribution < -0.4 is 5.32 Å². The number of nitrogens with one attached hydrogen (secondary N) is 2. The van der Waals surface area contributed by atoms with Crippen LogP contribution in [0.4, 0.5) is 0 Å². The van der Waals surface area contributed by atoms with E-state index in [2.05, 4.69) is 29.2 Å². The van der Waals surface area contributed by atoms with E-state index in [1.807, 2.05) is 25.1 Å². The van der Waals surface area contributed by atoms with Gasteiger partial charge in [-0.15, -0.1) is 0 Å². The molecule has 4 atom stereocenters. The summed E-state index contributed by atoms with van der Waals surface area (Å²) in [5, 5.41) is 7.57. The number of carbonyl (C=O) groups excluding carboxylic acids is 2. The highest BCUT2D eigenvalue weighted by molar-refractivity contribution is 5.93. The summed E-state index contributed by atoms with van der Waals surface area (Å²) in [4.78, 5) is 35.2. The third-order valence-corrected chi connectivity index (χ3v) is 9.04. The van der Waals surface area contributed by atoms with E-state index in [9.17, 15) is 9.59 Å². The van der Waals surface area contributed by atoms with Gasteiger partial charge in [-0.1, -0.05) is 39.2 Å². The predicted molar refractivity (Wildman–Crippen MR) is 148 cm³/mol. The molecule has 1 aromatic carbocycles. The van der Waals surface area contributed by atoms with E-state index >= 15 is 0 Å². The van der Waals surface area contributed by atoms with Crippen molar-refractivity contribution in [2.45, 2.75) is 77.2 Å². The molecule has 1 aliphatic heterocycles. The number of hydrogen-bond acceptors (Lipinski definition) is 6. The molecule has 1 saturated heterocycles. The molecular weight excluding hydrogens is 494 g/mol. The number of aromatic amines is 1. The van der Waals surface area contributed by atoms with Gasteiger partial charge in [-0.3, -0.25) is 14.3 Å². The van der Waals surface area contributed by atoms with Gasteiger partial charge >= 0.3 is 5.97 Å². The van der Waals surface area contributed by atoms with Crippen molar-refractivity contribution in [2.75, 3.05) is 19.8 Å². The molecule has 0 bridgehead atoms. The topological polar surface area (TPSA) is 111 Å². The Morgan fingerprint density at radius 2 is 2.10 bits per heavy atom. The van der Waals surface area contributed by atoms with Crippen LogP contribution in [-0.2, 0) is 26.7 Å². The van der Waals surface area contributed by atoms with Gasteiger partial charge in [0.25, 0.3) is 5.91 Å². The Hall–Kier alpha value is -3.20. The number of hydrogen-bond donors (Lipinski definition) is 2. The monoisotopic (exact) mass is 535 g/mol. The van der Waals surface area contributed by atoms with Gasteiger partial charge in [0.15, 0.2) is 0 Å². The van der Waals surface area contributed by atoms with Gasteiger partial charge in [0.1, 0.15) is 16.9 Å². The molecule has 4 unspecified atom stereocenters. The summed E-state index contributed by atoms with van der Waals surface area (Å²) >= 11 is 0. The molecule has 3 aromatic rings. The number of nitrogens with zero attached hydrogens (tertiary/aromatic N) is 3. The Labute approximate surface area is 230 Å². The number of H-pyrrole nitrogens is 1.